The molecule has 1 atom stereocenters. The largest absolute Gasteiger partial charge is 0.355 e. The van der Waals surface area contributed by atoms with Gasteiger partial charge in [-0.1, -0.05) is 13.8 Å². The highest BCUT2D eigenvalue weighted by Crippen LogP contribution is 2.26. The van der Waals surface area contributed by atoms with Crippen LogP contribution in [-0.4, -0.2) is 30.0 Å². The molecule has 0 saturated carbocycles. The summed E-state index contributed by atoms with van der Waals surface area (Å²) in [5.41, 5.74) is 6.69. The maximum Gasteiger partial charge on any atom is 0.241 e. The highest BCUT2D eigenvalue weighted by molar-refractivity contribution is 5.97. The minimum atomic E-state index is -0.471. The maximum atomic E-state index is 12.1. The van der Waals surface area contributed by atoms with Crippen LogP contribution in [0.1, 0.15) is 33.1 Å². The monoisotopic (exact) mass is 276 g/mol. The van der Waals surface area contributed by atoms with Crippen LogP contribution in [0.25, 0.3) is 0 Å². The van der Waals surface area contributed by atoms with Crippen LogP contribution in [0.4, 0.5) is 11.5 Å². The summed E-state index contributed by atoms with van der Waals surface area (Å²) < 4.78 is 0. The predicted octanol–water partition coefficient (Wildman–Crippen LogP) is 1.99. The lowest BCUT2D eigenvalue weighted by atomic mass is 10.0. The van der Waals surface area contributed by atoms with E-state index in [2.05, 4.69) is 29.0 Å². The molecule has 2 rings (SSSR count). The van der Waals surface area contributed by atoms with Crippen LogP contribution in [0.15, 0.2) is 18.3 Å². The van der Waals surface area contributed by atoms with E-state index < -0.39 is 6.04 Å². The van der Waals surface area contributed by atoms with Gasteiger partial charge in [0.2, 0.25) is 5.91 Å². The zero-order valence-corrected chi connectivity index (χ0v) is 12.3. The topological polar surface area (TPSA) is 71.2 Å². The number of amides is 1. The zero-order valence-electron chi connectivity index (χ0n) is 12.3. The van der Waals surface area contributed by atoms with Gasteiger partial charge in [-0.25, -0.2) is 4.98 Å². The van der Waals surface area contributed by atoms with Gasteiger partial charge in [0.05, 0.1) is 11.7 Å². The minimum Gasteiger partial charge on any atom is -0.355 e. The average molecular weight is 276 g/mol. The number of nitrogens with zero attached hydrogens (tertiary/aromatic N) is 2. The first-order valence-corrected chi connectivity index (χ1v) is 7.34. The standard InChI is InChI=1S/C15H24N4O/c1-11(2)10-12(16)15(20)18-13-6-5-7-17-14(13)19-8-3-4-9-19/h5-7,11-12H,3-4,8-10,16H2,1-2H3,(H,18,20). The molecule has 0 radical (unpaired) electrons. The van der Waals surface area contributed by atoms with Gasteiger partial charge in [0.1, 0.15) is 0 Å². The van der Waals surface area contributed by atoms with Crippen molar-refractivity contribution in [1.29, 1.82) is 0 Å². The summed E-state index contributed by atoms with van der Waals surface area (Å²) in [7, 11) is 0. The van der Waals surface area contributed by atoms with Gasteiger partial charge >= 0.3 is 0 Å². The van der Waals surface area contributed by atoms with Gasteiger partial charge in [-0.2, -0.15) is 0 Å². The van der Waals surface area contributed by atoms with E-state index in [9.17, 15) is 4.79 Å². The number of hydrogen-bond acceptors (Lipinski definition) is 4. The number of pyridine rings is 1. The van der Waals surface area contributed by atoms with E-state index in [1.807, 2.05) is 12.1 Å². The van der Waals surface area contributed by atoms with E-state index in [1.54, 1.807) is 6.20 Å². The molecule has 110 valence electrons. The molecule has 1 aromatic rings. The van der Waals surface area contributed by atoms with Crippen molar-refractivity contribution in [3.8, 4) is 0 Å². The molecular weight excluding hydrogens is 252 g/mol. The first kappa shape index (κ1) is 14.8. The lowest BCUT2D eigenvalue weighted by Gasteiger charge is -2.21. The molecule has 3 N–H and O–H groups in total. The molecule has 1 saturated heterocycles. The van der Waals surface area contributed by atoms with Gasteiger partial charge < -0.3 is 16.0 Å². The number of anilines is 2. The molecule has 20 heavy (non-hydrogen) atoms. The van der Waals surface area contributed by atoms with Gasteiger partial charge in [-0.3, -0.25) is 4.79 Å². The summed E-state index contributed by atoms with van der Waals surface area (Å²) in [5.74, 6) is 1.13. The summed E-state index contributed by atoms with van der Waals surface area (Å²) in [5, 5.41) is 2.92. The second-order valence-corrected chi connectivity index (χ2v) is 5.79. The maximum absolute atomic E-state index is 12.1. The Hall–Kier alpha value is -1.62. The van der Waals surface area contributed by atoms with Crippen molar-refractivity contribution in [3.63, 3.8) is 0 Å². The fourth-order valence-corrected chi connectivity index (χ4v) is 2.52. The number of aromatic nitrogens is 1. The van der Waals surface area contributed by atoms with Crippen LogP contribution in [0.2, 0.25) is 0 Å². The molecule has 1 aliphatic rings. The second kappa shape index (κ2) is 6.70. The number of nitrogens with one attached hydrogen (secondary N) is 1. The third-order valence-corrected chi connectivity index (χ3v) is 3.51. The number of rotatable bonds is 5. The Labute approximate surface area is 120 Å². The summed E-state index contributed by atoms with van der Waals surface area (Å²) in [6.45, 7) is 6.12. The molecule has 5 nitrogen and oxygen atoms in total. The van der Waals surface area contributed by atoms with Crippen molar-refractivity contribution in [2.75, 3.05) is 23.3 Å². The molecule has 0 aliphatic carbocycles. The molecule has 1 aliphatic heterocycles. The molecule has 2 heterocycles. The fourth-order valence-electron chi connectivity index (χ4n) is 2.52. The van der Waals surface area contributed by atoms with Crippen molar-refractivity contribution in [3.05, 3.63) is 18.3 Å². The SMILES string of the molecule is CC(C)CC(N)C(=O)Nc1cccnc1N1CCCC1. The van der Waals surface area contributed by atoms with Crippen LogP contribution in [-0.2, 0) is 4.79 Å². The number of nitrogens with two attached hydrogens (primary N) is 1. The molecule has 1 unspecified atom stereocenters. The van der Waals surface area contributed by atoms with Gasteiger partial charge in [0, 0.05) is 19.3 Å². The minimum absolute atomic E-state index is 0.132. The smallest absolute Gasteiger partial charge is 0.241 e. The Bertz CT molecular complexity index is 455. The van der Waals surface area contributed by atoms with Gasteiger partial charge in [-0.05, 0) is 37.3 Å². The number of hydrogen-bond donors (Lipinski definition) is 2. The Balaban J connectivity index is 2.07. The van der Waals surface area contributed by atoms with Gasteiger partial charge in [0.25, 0.3) is 0 Å². The normalized spacial score (nSPS) is 16.5. The first-order chi connectivity index (χ1) is 9.58. The Morgan fingerprint density at radius 1 is 1.45 bits per heavy atom. The van der Waals surface area contributed by atoms with Gasteiger partial charge in [-0.15, -0.1) is 0 Å². The third kappa shape index (κ3) is 3.70. The highest BCUT2D eigenvalue weighted by Gasteiger charge is 2.20. The van der Waals surface area contributed by atoms with E-state index in [0.717, 1.165) is 24.6 Å². The predicted molar refractivity (Wildman–Crippen MR) is 81.7 cm³/mol. The lowest BCUT2D eigenvalue weighted by molar-refractivity contribution is -0.117. The van der Waals surface area contributed by atoms with Crippen molar-refractivity contribution in [1.82, 2.24) is 4.98 Å². The van der Waals surface area contributed by atoms with Crippen molar-refractivity contribution < 1.29 is 4.79 Å². The molecule has 0 aromatic carbocycles. The summed E-state index contributed by atoms with van der Waals surface area (Å²) in [6, 6.07) is 3.26. The van der Waals surface area contributed by atoms with Crippen molar-refractivity contribution in [2.24, 2.45) is 11.7 Å². The summed E-state index contributed by atoms with van der Waals surface area (Å²) >= 11 is 0. The first-order valence-electron chi connectivity index (χ1n) is 7.34. The van der Waals surface area contributed by atoms with E-state index >= 15 is 0 Å². The van der Waals surface area contributed by atoms with Crippen LogP contribution in [0.5, 0.6) is 0 Å². The quantitative estimate of drug-likeness (QED) is 0.863. The zero-order chi connectivity index (χ0) is 14.5. The Kier molecular flexibility index (Phi) is 4.95. The molecule has 5 heteroatoms. The van der Waals surface area contributed by atoms with Crippen LogP contribution in [0, 0.1) is 5.92 Å². The second-order valence-electron chi connectivity index (χ2n) is 5.79. The summed E-state index contributed by atoms with van der Waals surface area (Å²) in [4.78, 5) is 18.7. The van der Waals surface area contributed by atoms with E-state index in [0.29, 0.717) is 12.3 Å². The fraction of sp³-hybridized carbons (Fsp3) is 0.600. The summed E-state index contributed by atoms with van der Waals surface area (Å²) in [6.07, 6.45) is 4.80. The third-order valence-electron chi connectivity index (χ3n) is 3.51. The number of carbonyl (C=O) groups is 1. The Morgan fingerprint density at radius 3 is 2.80 bits per heavy atom. The van der Waals surface area contributed by atoms with Crippen LogP contribution >= 0.6 is 0 Å². The van der Waals surface area contributed by atoms with E-state index in [4.69, 9.17) is 5.73 Å². The highest BCUT2D eigenvalue weighted by atomic mass is 16.2. The Morgan fingerprint density at radius 2 is 2.15 bits per heavy atom. The van der Waals surface area contributed by atoms with Gasteiger partial charge in [0.15, 0.2) is 5.82 Å². The molecule has 1 aromatic heterocycles. The molecule has 0 spiro atoms. The lowest BCUT2D eigenvalue weighted by Crippen LogP contribution is -2.37. The van der Waals surface area contributed by atoms with Crippen LogP contribution in [0.3, 0.4) is 0 Å². The molecule has 1 amide bonds. The van der Waals surface area contributed by atoms with E-state index in [1.165, 1.54) is 12.8 Å². The molecule has 1 fully saturated rings. The van der Waals surface area contributed by atoms with E-state index in [-0.39, 0.29) is 5.91 Å². The van der Waals surface area contributed by atoms with Crippen LogP contribution < -0.4 is 16.0 Å². The average Bonchev–Trinajstić information content (AvgIpc) is 2.92. The van der Waals surface area contributed by atoms with Crippen molar-refractivity contribution in [2.45, 2.75) is 39.2 Å². The molecular formula is C15H24N4O. The molecule has 0 bridgehead atoms. The van der Waals surface area contributed by atoms with Crippen molar-refractivity contribution >= 4 is 17.4 Å². The number of carbonyl (C=O) groups excluding carboxylic acids is 1.